The Morgan fingerprint density at radius 2 is 1.76 bits per heavy atom. The van der Waals surface area contributed by atoms with Crippen LogP contribution in [-0.2, 0) is 9.53 Å². The number of fused-ring (bicyclic) bond motifs is 1. The number of carbonyl (C=O) groups excluding carboxylic acids is 2. The Kier molecular flexibility index (Phi) is 7.81. The van der Waals surface area contributed by atoms with Gasteiger partial charge in [-0.1, -0.05) is 18.2 Å². The summed E-state index contributed by atoms with van der Waals surface area (Å²) in [4.78, 5) is 40.1. The summed E-state index contributed by atoms with van der Waals surface area (Å²) in [5, 5.41) is 1.15. The molecule has 0 saturated carbocycles. The van der Waals surface area contributed by atoms with Crippen LogP contribution in [0.3, 0.4) is 0 Å². The summed E-state index contributed by atoms with van der Waals surface area (Å²) in [5.74, 6) is 3.00. The summed E-state index contributed by atoms with van der Waals surface area (Å²) in [6.45, 7) is 11.3. The maximum Gasteiger partial charge on any atom is 0.411 e. The molecule has 0 bridgehead atoms. The molecule has 0 spiro atoms. The van der Waals surface area contributed by atoms with Crippen LogP contribution < -0.4 is 4.90 Å². The SMILES string of the molecule is CC(C)(C)OC(=O)N1C[C@@H](N2CCCN(c3ccc4ccccc4n3)CC2)C[C@H]1C(=O)N1CCSCC1. The molecular formula is C28H39N5O3S. The van der Waals surface area contributed by atoms with Crippen LogP contribution in [0.25, 0.3) is 10.9 Å². The number of benzene rings is 1. The molecule has 3 aliphatic rings. The van der Waals surface area contributed by atoms with Crippen LogP contribution in [-0.4, -0.2) is 107 Å². The Morgan fingerprint density at radius 3 is 2.54 bits per heavy atom. The van der Waals surface area contributed by atoms with Crippen molar-refractivity contribution >= 4 is 40.5 Å². The number of para-hydroxylation sites is 1. The quantitative estimate of drug-likeness (QED) is 0.605. The number of pyridine rings is 1. The fourth-order valence-electron chi connectivity index (χ4n) is 5.59. The molecule has 8 nitrogen and oxygen atoms in total. The Morgan fingerprint density at radius 1 is 0.973 bits per heavy atom. The molecule has 3 fully saturated rings. The summed E-state index contributed by atoms with van der Waals surface area (Å²) >= 11 is 1.88. The standard InChI is InChI=1S/C28H39N5O3S/c1-28(2,3)36-27(35)33-20-22(19-24(33)26(34)32-15-17-37-18-16-32)30-11-6-12-31(14-13-30)25-10-9-21-7-4-5-8-23(21)29-25/h4-5,7-10,22,24H,6,11-20H2,1-3H3/t22-,24-/m0/s1. The molecule has 4 heterocycles. The van der Waals surface area contributed by atoms with E-state index < -0.39 is 11.6 Å². The lowest BCUT2D eigenvalue weighted by atomic mass is 10.1. The van der Waals surface area contributed by atoms with E-state index in [9.17, 15) is 9.59 Å². The van der Waals surface area contributed by atoms with Gasteiger partial charge in [0.15, 0.2) is 0 Å². The fraction of sp³-hybridized carbons (Fsp3) is 0.607. The number of rotatable bonds is 3. The minimum atomic E-state index is -0.597. The third-order valence-electron chi connectivity index (χ3n) is 7.47. The highest BCUT2D eigenvalue weighted by molar-refractivity contribution is 7.99. The van der Waals surface area contributed by atoms with Crippen molar-refractivity contribution in [2.75, 3.05) is 62.2 Å². The van der Waals surface area contributed by atoms with E-state index in [4.69, 9.17) is 9.72 Å². The smallest absolute Gasteiger partial charge is 0.411 e. The molecule has 3 saturated heterocycles. The second-order valence-corrected chi connectivity index (χ2v) is 12.4. The lowest BCUT2D eigenvalue weighted by molar-refractivity contribution is -0.135. The van der Waals surface area contributed by atoms with Crippen molar-refractivity contribution in [3.05, 3.63) is 36.4 Å². The lowest BCUT2D eigenvalue weighted by Gasteiger charge is -2.33. The van der Waals surface area contributed by atoms with Crippen LogP contribution in [0, 0.1) is 0 Å². The molecule has 9 heteroatoms. The highest BCUT2D eigenvalue weighted by Crippen LogP contribution is 2.28. The third-order valence-corrected chi connectivity index (χ3v) is 8.41. The number of amides is 2. The Bertz CT molecular complexity index is 1120. The van der Waals surface area contributed by atoms with E-state index in [1.807, 2.05) is 49.6 Å². The number of carbonyl (C=O) groups is 2. The molecule has 0 N–H and O–H groups in total. The summed E-state index contributed by atoms with van der Waals surface area (Å²) in [7, 11) is 0. The van der Waals surface area contributed by atoms with Crippen LogP contribution in [0.5, 0.6) is 0 Å². The van der Waals surface area contributed by atoms with Gasteiger partial charge in [-0.05, 0) is 51.8 Å². The van der Waals surface area contributed by atoms with Gasteiger partial charge < -0.3 is 14.5 Å². The predicted molar refractivity (Wildman–Crippen MR) is 149 cm³/mol. The molecule has 37 heavy (non-hydrogen) atoms. The molecular weight excluding hydrogens is 486 g/mol. The number of anilines is 1. The average molecular weight is 526 g/mol. The first kappa shape index (κ1) is 26.1. The van der Waals surface area contributed by atoms with Gasteiger partial charge in [0.2, 0.25) is 5.91 Å². The first-order valence-corrected chi connectivity index (χ1v) is 14.6. The Labute approximate surface area is 224 Å². The highest BCUT2D eigenvalue weighted by atomic mass is 32.2. The maximum atomic E-state index is 13.6. The zero-order chi connectivity index (χ0) is 26.0. The van der Waals surface area contributed by atoms with E-state index in [0.717, 1.165) is 73.9 Å². The number of hydrogen-bond donors (Lipinski definition) is 0. The van der Waals surface area contributed by atoms with Crippen LogP contribution in [0.2, 0.25) is 0 Å². The number of hydrogen-bond acceptors (Lipinski definition) is 7. The maximum absolute atomic E-state index is 13.6. The number of likely N-dealkylation sites (tertiary alicyclic amines) is 1. The van der Waals surface area contributed by atoms with Crippen molar-refractivity contribution in [1.82, 2.24) is 19.7 Å². The number of thioether (sulfide) groups is 1. The van der Waals surface area contributed by atoms with Crippen molar-refractivity contribution in [3.63, 3.8) is 0 Å². The van der Waals surface area contributed by atoms with E-state index in [2.05, 4.69) is 34.1 Å². The lowest BCUT2D eigenvalue weighted by Crippen LogP contribution is -2.51. The van der Waals surface area contributed by atoms with E-state index in [0.29, 0.717) is 13.0 Å². The topological polar surface area (TPSA) is 69.2 Å². The highest BCUT2D eigenvalue weighted by Gasteiger charge is 2.45. The zero-order valence-electron chi connectivity index (χ0n) is 22.3. The number of nitrogens with zero attached hydrogens (tertiary/aromatic N) is 5. The summed E-state index contributed by atoms with van der Waals surface area (Å²) in [5.41, 5.74) is 0.419. The van der Waals surface area contributed by atoms with E-state index in [-0.39, 0.29) is 18.0 Å². The van der Waals surface area contributed by atoms with E-state index in [1.54, 1.807) is 4.90 Å². The second-order valence-electron chi connectivity index (χ2n) is 11.2. The van der Waals surface area contributed by atoms with Crippen molar-refractivity contribution in [3.8, 4) is 0 Å². The van der Waals surface area contributed by atoms with Gasteiger partial charge >= 0.3 is 6.09 Å². The molecule has 1 aromatic carbocycles. The third kappa shape index (κ3) is 6.14. The van der Waals surface area contributed by atoms with Gasteiger partial charge in [-0.25, -0.2) is 9.78 Å². The Balaban J connectivity index is 1.28. The van der Waals surface area contributed by atoms with Crippen molar-refractivity contribution in [2.45, 2.75) is 51.3 Å². The van der Waals surface area contributed by atoms with E-state index >= 15 is 0 Å². The van der Waals surface area contributed by atoms with Crippen LogP contribution in [0.4, 0.5) is 10.6 Å². The van der Waals surface area contributed by atoms with Crippen LogP contribution in [0.15, 0.2) is 36.4 Å². The van der Waals surface area contributed by atoms with Gasteiger partial charge in [-0.2, -0.15) is 11.8 Å². The Hall–Kier alpha value is -2.52. The minimum Gasteiger partial charge on any atom is -0.444 e. The number of ether oxygens (including phenoxy) is 1. The largest absolute Gasteiger partial charge is 0.444 e. The monoisotopic (exact) mass is 525 g/mol. The normalized spacial score (nSPS) is 23.8. The first-order chi connectivity index (χ1) is 17.8. The molecule has 0 aliphatic carbocycles. The van der Waals surface area contributed by atoms with E-state index in [1.165, 1.54) is 0 Å². The summed E-state index contributed by atoms with van der Waals surface area (Å²) < 4.78 is 5.74. The summed E-state index contributed by atoms with van der Waals surface area (Å²) in [6.07, 6.45) is 1.30. The average Bonchev–Trinajstić information content (AvgIpc) is 3.19. The predicted octanol–water partition coefficient (Wildman–Crippen LogP) is 3.70. The molecule has 200 valence electrons. The van der Waals surface area contributed by atoms with Gasteiger partial charge in [0, 0.05) is 68.7 Å². The molecule has 5 rings (SSSR count). The molecule has 2 aromatic rings. The minimum absolute atomic E-state index is 0.0745. The molecule has 0 radical (unpaired) electrons. The molecule has 2 atom stereocenters. The van der Waals surface area contributed by atoms with Crippen LogP contribution >= 0.6 is 11.8 Å². The number of aromatic nitrogens is 1. The van der Waals surface area contributed by atoms with Gasteiger partial charge in [0.05, 0.1) is 5.52 Å². The second kappa shape index (κ2) is 11.1. The first-order valence-electron chi connectivity index (χ1n) is 13.5. The molecule has 3 aliphatic heterocycles. The molecule has 2 amide bonds. The van der Waals surface area contributed by atoms with Gasteiger partial charge in [0.25, 0.3) is 0 Å². The van der Waals surface area contributed by atoms with Crippen LogP contribution in [0.1, 0.15) is 33.6 Å². The fourth-order valence-corrected chi connectivity index (χ4v) is 6.50. The molecule has 1 aromatic heterocycles. The van der Waals surface area contributed by atoms with Gasteiger partial charge in [-0.3, -0.25) is 14.6 Å². The summed E-state index contributed by atoms with van der Waals surface area (Å²) in [6, 6.07) is 12.2. The van der Waals surface area contributed by atoms with Gasteiger partial charge in [0.1, 0.15) is 17.5 Å². The van der Waals surface area contributed by atoms with Crippen molar-refractivity contribution in [1.29, 1.82) is 0 Å². The van der Waals surface area contributed by atoms with Crippen molar-refractivity contribution in [2.24, 2.45) is 0 Å². The van der Waals surface area contributed by atoms with Crippen molar-refractivity contribution < 1.29 is 14.3 Å². The van der Waals surface area contributed by atoms with Gasteiger partial charge in [-0.15, -0.1) is 0 Å². The zero-order valence-corrected chi connectivity index (χ0v) is 23.1. The molecule has 0 unspecified atom stereocenters.